The van der Waals surface area contributed by atoms with Crippen LogP contribution in [-0.2, 0) is 4.74 Å². The maximum absolute atomic E-state index is 11.3. The SMILES string of the molecule is [2H]C([2H])OC1NC(=O)c2ccccc21. The van der Waals surface area contributed by atoms with Crippen LogP contribution in [0.2, 0.25) is 0 Å². The van der Waals surface area contributed by atoms with Crippen LogP contribution >= 0.6 is 0 Å². The highest BCUT2D eigenvalue weighted by Gasteiger charge is 2.27. The summed E-state index contributed by atoms with van der Waals surface area (Å²) < 4.78 is 18.8. The molecule has 0 aliphatic carbocycles. The number of amides is 1. The van der Waals surface area contributed by atoms with E-state index in [-0.39, 0.29) is 5.91 Å². The zero-order valence-electron chi connectivity index (χ0n) is 8.28. The largest absolute Gasteiger partial charge is 0.357 e. The molecule has 0 saturated carbocycles. The van der Waals surface area contributed by atoms with Crippen LogP contribution < -0.4 is 5.32 Å². The van der Waals surface area contributed by atoms with Gasteiger partial charge in [0.05, 0.1) is 2.74 Å². The fraction of sp³-hybridized carbons (Fsp3) is 0.222. The van der Waals surface area contributed by atoms with Crippen LogP contribution in [0.15, 0.2) is 24.3 Å². The van der Waals surface area contributed by atoms with Crippen molar-refractivity contribution < 1.29 is 12.3 Å². The molecule has 12 heavy (non-hydrogen) atoms. The van der Waals surface area contributed by atoms with Gasteiger partial charge in [-0.15, -0.1) is 0 Å². The molecular weight excluding hydrogens is 154 g/mol. The van der Waals surface area contributed by atoms with Gasteiger partial charge in [-0.1, -0.05) is 18.2 Å². The molecule has 1 N–H and O–H groups in total. The van der Waals surface area contributed by atoms with Gasteiger partial charge in [0.15, 0.2) is 6.23 Å². The molecule has 0 saturated heterocycles. The summed E-state index contributed by atoms with van der Waals surface area (Å²) in [4.78, 5) is 11.3. The second-order valence-corrected chi connectivity index (χ2v) is 2.58. The van der Waals surface area contributed by atoms with Gasteiger partial charge in [0.25, 0.3) is 5.91 Å². The smallest absolute Gasteiger partial charge is 0.253 e. The maximum Gasteiger partial charge on any atom is 0.253 e. The fourth-order valence-corrected chi connectivity index (χ4v) is 1.31. The van der Waals surface area contributed by atoms with E-state index in [4.69, 9.17) is 7.48 Å². The third-order valence-corrected chi connectivity index (χ3v) is 1.89. The summed E-state index contributed by atoms with van der Waals surface area (Å²) in [6.45, 7) is 0. The molecule has 0 fully saturated rings. The highest BCUT2D eigenvalue weighted by molar-refractivity contribution is 5.98. The molecule has 1 aliphatic heterocycles. The minimum absolute atomic E-state index is 0.216. The molecule has 1 heterocycles. The Morgan fingerprint density at radius 3 is 3.25 bits per heavy atom. The van der Waals surface area contributed by atoms with E-state index in [1.807, 2.05) is 0 Å². The number of hydrogen-bond acceptors (Lipinski definition) is 2. The number of ether oxygens (including phenoxy) is 1. The average Bonchev–Trinajstić information content (AvgIpc) is 2.44. The predicted octanol–water partition coefficient (Wildman–Crippen LogP) is 1.08. The van der Waals surface area contributed by atoms with Crippen molar-refractivity contribution in [3.8, 4) is 0 Å². The monoisotopic (exact) mass is 165 g/mol. The molecule has 3 heteroatoms. The van der Waals surface area contributed by atoms with Crippen LogP contribution in [-0.4, -0.2) is 13.0 Å². The molecule has 3 nitrogen and oxygen atoms in total. The lowest BCUT2D eigenvalue weighted by Gasteiger charge is -2.07. The Balaban J connectivity index is 2.30. The number of carbonyl (C=O) groups is 1. The van der Waals surface area contributed by atoms with Gasteiger partial charge in [0.1, 0.15) is 0 Å². The van der Waals surface area contributed by atoms with Crippen LogP contribution in [0.1, 0.15) is 24.9 Å². The van der Waals surface area contributed by atoms with Gasteiger partial charge >= 0.3 is 0 Å². The van der Waals surface area contributed by atoms with E-state index in [0.717, 1.165) is 0 Å². The number of nitrogens with one attached hydrogen (secondary N) is 1. The zero-order chi connectivity index (χ0) is 10.1. The molecule has 1 aliphatic rings. The van der Waals surface area contributed by atoms with Crippen molar-refractivity contribution in [2.45, 2.75) is 6.23 Å². The van der Waals surface area contributed by atoms with E-state index in [1.165, 1.54) is 0 Å². The quantitative estimate of drug-likeness (QED) is 0.676. The second-order valence-electron chi connectivity index (χ2n) is 2.58. The Bertz CT molecular complexity index is 368. The number of rotatable bonds is 1. The van der Waals surface area contributed by atoms with Crippen LogP contribution in [0, 0.1) is 0 Å². The van der Waals surface area contributed by atoms with E-state index in [9.17, 15) is 4.79 Å². The number of hydrogen-bond donors (Lipinski definition) is 1. The van der Waals surface area contributed by atoms with Gasteiger partial charge in [-0.2, -0.15) is 0 Å². The first-order valence-corrected chi connectivity index (χ1v) is 3.58. The van der Waals surface area contributed by atoms with Crippen LogP contribution in [0.25, 0.3) is 0 Å². The van der Waals surface area contributed by atoms with Crippen molar-refractivity contribution in [1.82, 2.24) is 5.32 Å². The molecular formula is C9H9NO2. The summed E-state index contributed by atoms with van der Waals surface area (Å²) in [6.07, 6.45) is -0.654. The molecule has 62 valence electrons. The molecule has 0 radical (unpaired) electrons. The minimum Gasteiger partial charge on any atom is -0.357 e. The van der Waals surface area contributed by atoms with E-state index >= 15 is 0 Å². The third kappa shape index (κ3) is 0.905. The Hall–Kier alpha value is -1.35. The summed E-state index contributed by atoms with van der Waals surface area (Å²) in [5, 5.41) is 2.55. The first-order valence-electron chi connectivity index (χ1n) is 4.73. The molecule has 2 rings (SSSR count). The van der Waals surface area contributed by atoms with Gasteiger partial charge in [0.2, 0.25) is 0 Å². The van der Waals surface area contributed by atoms with Gasteiger partial charge in [-0.05, 0) is 6.07 Å². The Morgan fingerprint density at radius 2 is 2.42 bits per heavy atom. The summed E-state index contributed by atoms with van der Waals surface area (Å²) in [5.41, 5.74) is 1.25. The number of carbonyl (C=O) groups excluding carboxylic acids is 1. The van der Waals surface area contributed by atoms with Gasteiger partial charge in [-0.3, -0.25) is 4.79 Å². The Morgan fingerprint density at radius 1 is 1.58 bits per heavy atom. The summed E-state index contributed by atoms with van der Waals surface area (Å²) in [7, 11) is -1.40. The molecule has 0 bridgehead atoms. The maximum atomic E-state index is 11.3. The lowest BCUT2D eigenvalue weighted by atomic mass is 10.1. The van der Waals surface area contributed by atoms with Crippen LogP contribution in [0.5, 0.6) is 0 Å². The average molecular weight is 165 g/mol. The first-order chi connectivity index (χ1) is 6.68. The number of benzene rings is 1. The molecule has 0 spiro atoms. The van der Waals surface area contributed by atoms with Gasteiger partial charge in [0, 0.05) is 18.2 Å². The lowest BCUT2D eigenvalue weighted by molar-refractivity contribution is 0.0666. The van der Waals surface area contributed by atoms with Crippen molar-refractivity contribution in [2.24, 2.45) is 0 Å². The van der Waals surface area contributed by atoms with Crippen molar-refractivity contribution >= 4 is 5.91 Å². The summed E-state index contributed by atoms with van der Waals surface area (Å²) in [5.74, 6) is -0.216. The van der Waals surface area contributed by atoms with Gasteiger partial charge < -0.3 is 10.1 Å². The molecule has 1 aromatic rings. The van der Waals surface area contributed by atoms with E-state index in [2.05, 4.69) is 5.32 Å². The third-order valence-electron chi connectivity index (χ3n) is 1.89. The highest BCUT2D eigenvalue weighted by atomic mass is 16.5. The topological polar surface area (TPSA) is 38.3 Å². The predicted molar refractivity (Wildman–Crippen MR) is 43.7 cm³/mol. The minimum atomic E-state index is -1.40. The molecule has 1 amide bonds. The first kappa shape index (κ1) is 5.32. The molecule has 0 aromatic heterocycles. The van der Waals surface area contributed by atoms with Crippen molar-refractivity contribution in [3.63, 3.8) is 0 Å². The molecule has 1 unspecified atom stereocenters. The highest BCUT2D eigenvalue weighted by Crippen LogP contribution is 2.24. The summed E-state index contributed by atoms with van der Waals surface area (Å²) in [6, 6.07) is 7.00. The van der Waals surface area contributed by atoms with Crippen LogP contribution in [0.4, 0.5) is 0 Å². The second kappa shape index (κ2) is 2.60. The van der Waals surface area contributed by atoms with E-state index in [0.29, 0.717) is 11.1 Å². The Labute approximate surface area is 73.2 Å². The normalized spacial score (nSPS) is 23.1. The number of fused-ring (bicyclic) bond motifs is 1. The van der Waals surface area contributed by atoms with Gasteiger partial charge in [-0.25, -0.2) is 0 Å². The lowest BCUT2D eigenvalue weighted by Crippen LogP contribution is -2.19. The summed E-state index contributed by atoms with van der Waals surface area (Å²) >= 11 is 0. The van der Waals surface area contributed by atoms with E-state index in [1.54, 1.807) is 24.3 Å². The zero-order valence-corrected chi connectivity index (χ0v) is 6.28. The van der Waals surface area contributed by atoms with Crippen LogP contribution in [0.3, 0.4) is 0 Å². The van der Waals surface area contributed by atoms with Crippen molar-refractivity contribution in [2.75, 3.05) is 7.06 Å². The fourth-order valence-electron chi connectivity index (χ4n) is 1.31. The van der Waals surface area contributed by atoms with Crippen molar-refractivity contribution in [3.05, 3.63) is 35.4 Å². The van der Waals surface area contributed by atoms with Crippen molar-refractivity contribution in [1.29, 1.82) is 0 Å². The number of methoxy groups -OCH3 is 1. The molecule has 1 atom stereocenters. The van der Waals surface area contributed by atoms with E-state index < -0.39 is 13.3 Å². The standard InChI is InChI=1S/C9H9NO2/c1-12-9-7-5-3-2-4-6(7)8(11)10-9/h2-5,9H,1H3,(H,10,11)/i1D2. The molecule has 1 aromatic carbocycles. The Kier molecular flexibility index (Phi) is 1.16.